The van der Waals surface area contributed by atoms with Gasteiger partial charge in [-0.3, -0.25) is 14.5 Å². The number of allylic oxidation sites excluding steroid dienone is 1. The highest BCUT2D eigenvalue weighted by Crippen LogP contribution is 2.42. The summed E-state index contributed by atoms with van der Waals surface area (Å²) in [5.74, 6) is -1.65. The molecule has 0 spiro atoms. The standard InChI is InChI=1S/C27H26N2O6S/c1-3-34-21(31)15-14-20-16-36-26-22(28-17(2)30)25(32)29(26)23(20)27(33)35-24(18-10-6-4-7-11-18)19-12-8-5-9-13-19/h4-15,22,24,26H,3,16H2,1-2H3,(H,28,30)/t22?,26-/m1/s1. The van der Waals surface area contributed by atoms with Crippen LogP contribution in [0, 0.1) is 0 Å². The first-order chi connectivity index (χ1) is 17.4. The van der Waals surface area contributed by atoms with Crippen molar-refractivity contribution in [2.75, 3.05) is 12.4 Å². The number of nitrogens with one attached hydrogen (secondary N) is 1. The second kappa shape index (κ2) is 11.3. The van der Waals surface area contributed by atoms with E-state index in [0.717, 1.165) is 11.1 Å². The second-order valence-corrected chi connectivity index (χ2v) is 9.26. The highest BCUT2D eigenvalue weighted by Gasteiger charge is 2.54. The molecule has 2 heterocycles. The summed E-state index contributed by atoms with van der Waals surface area (Å²) in [5.41, 5.74) is 2.06. The predicted octanol–water partition coefficient (Wildman–Crippen LogP) is 3.11. The number of carbonyl (C=O) groups excluding carboxylic acids is 4. The summed E-state index contributed by atoms with van der Waals surface area (Å²) in [6.45, 7) is 3.25. The van der Waals surface area contributed by atoms with Crippen LogP contribution < -0.4 is 5.32 Å². The number of hydrogen-bond donors (Lipinski definition) is 1. The fourth-order valence-electron chi connectivity index (χ4n) is 4.09. The molecule has 8 nitrogen and oxygen atoms in total. The number of benzene rings is 2. The molecule has 2 aromatic rings. The van der Waals surface area contributed by atoms with E-state index in [1.165, 1.54) is 35.7 Å². The highest BCUT2D eigenvalue weighted by molar-refractivity contribution is 8.00. The normalized spacial score (nSPS) is 19.1. The lowest BCUT2D eigenvalue weighted by Crippen LogP contribution is -2.70. The van der Waals surface area contributed by atoms with Crippen LogP contribution in [0.4, 0.5) is 0 Å². The summed E-state index contributed by atoms with van der Waals surface area (Å²) in [4.78, 5) is 51.5. The van der Waals surface area contributed by atoms with Gasteiger partial charge < -0.3 is 14.8 Å². The van der Waals surface area contributed by atoms with Crippen molar-refractivity contribution >= 4 is 35.5 Å². The van der Waals surface area contributed by atoms with E-state index in [-0.39, 0.29) is 18.2 Å². The fourth-order valence-corrected chi connectivity index (χ4v) is 5.40. The Labute approximate surface area is 213 Å². The fraction of sp³-hybridized carbons (Fsp3) is 0.259. The number of thioether (sulfide) groups is 1. The van der Waals surface area contributed by atoms with Crippen molar-refractivity contribution in [2.45, 2.75) is 31.4 Å². The Balaban J connectivity index is 1.69. The molecular weight excluding hydrogens is 480 g/mol. The molecule has 2 aliphatic rings. The van der Waals surface area contributed by atoms with Gasteiger partial charge in [0.2, 0.25) is 5.91 Å². The third-order valence-corrected chi connectivity index (χ3v) is 6.99. The van der Waals surface area contributed by atoms with Crippen molar-refractivity contribution in [3.05, 3.63) is 95.2 Å². The summed E-state index contributed by atoms with van der Waals surface area (Å²) in [7, 11) is 0. The first-order valence-corrected chi connectivity index (χ1v) is 12.6. The number of carbonyl (C=O) groups is 4. The van der Waals surface area contributed by atoms with Gasteiger partial charge in [-0.1, -0.05) is 60.7 Å². The van der Waals surface area contributed by atoms with Gasteiger partial charge in [0.05, 0.1) is 6.61 Å². The summed E-state index contributed by atoms with van der Waals surface area (Å²) < 4.78 is 11.0. The first-order valence-electron chi connectivity index (χ1n) is 11.5. The van der Waals surface area contributed by atoms with Gasteiger partial charge in [0.25, 0.3) is 5.91 Å². The monoisotopic (exact) mass is 506 g/mol. The van der Waals surface area contributed by atoms with Gasteiger partial charge >= 0.3 is 11.9 Å². The topological polar surface area (TPSA) is 102 Å². The van der Waals surface area contributed by atoms with Crippen LogP contribution in [0.25, 0.3) is 0 Å². The van der Waals surface area contributed by atoms with Crippen LogP contribution in [-0.2, 0) is 28.7 Å². The number of amides is 2. The molecule has 1 saturated heterocycles. The molecule has 2 aliphatic heterocycles. The third-order valence-electron chi connectivity index (χ3n) is 5.69. The van der Waals surface area contributed by atoms with E-state index in [1.807, 2.05) is 60.7 Å². The number of β-lactam (4-membered cyclic amide) rings is 1. The molecule has 0 bridgehead atoms. The average molecular weight is 507 g/mol. The molecule has 0 saturated carbocycles. The Kier molecular flexibility index (Phi) is 7.90. The largest absolute Gasteiger partial charge is 0.463 e. The zero-order valence-electron chi connectivity index (χ0n) is 19.9. The van der Waals surface area contributed by atoms with Gasteiger partial charge in [0, 0.05) is 18.8 Å². The van der Waals surface area contributed by atoms with Crippen LogP contribution in [0.5, 0.6) is 0 Å². The lowest BCUT2D eigenvalue weighted by atomic mass is 10.0. The van der Waals surface area contributed by atoms with Crippen LogP contribution >= 0.6 is 11.8 Å². The molecule has 1 fully saturated rings. The van der Waals surface area contributed by atoms with Gasteiger partial charge in [-0.05, 0) is 29.7 Å². The van der Waals surface area contributed by atoms with Gasteiger partial charge in [-0.15, -0.1) is 11.8 Å². The van der Waals surface area contributed by atoms with E-state index in [2.05, 4.69) is 5.32 Å². The van der Waals surface area contributed by atoms with Crippen LogP contribution in [0.2, 0.25) is 0 Å². The molecule has 0 aliphatic carbocycles. The number of hydrogen-bond acceptors (Lipinski definition) is 7. The van der Waals surface area contributed by atoms with Gasteiger partial charge in [-0.2, -0.15) is 0 Å². The number of ether oxygens (including phenoxy) is 2. The predicted molar refractivity (Wildman–Crippen MR) is 134 cm³/mol. The molecular formula is C27H26N2O6S. The maximum atomic E-state index is 13.7. The molecule has 0 radical (unpaired) electrons. The Morgan fingerprint density at radius 3 is 2.25 bits per heavy atom. The number of nitrogens with zero attached hydrogens (tertiary/aromatic N) is 1. The smallest absolute Gasteiger partial charge is 0.356 e. The Morgan fingerprint density at radius 2 is 1.69 bits per heavy atom. The second-order valence-electron chi connectivity index (χ2n) is 8.15. The van der Waals surface area contributed by atoms with Crippen molar-refractivity contribution in [2.24, 2.45) is 0 Å². The Bertz CT molecular complexity index is 1170. The summed E-state index contributed by atoms with van der Waals surface area (Å²) in [6, 6.07) is 17.9. The Hall–Kier alpha value is -3.85. The van der Waals surface area contributed by atoms with E-state index in [1.54, 1.807) is 6.92 Å². The van der Waals surface area contributed by atoms with E-state index < -0.39 is 35.4 Å². The zero-order chi connectivity index (χ0) is 25.7. The van der Waals surface area contributed by atoms with Crippen molar-refractivity contribution in [1.29, 1.82) is 0 Å². The number of fused-ring (bicyclic) bond motifs is 1. The van der Waals surface area contributed by atoms with E-state index in [9.17, 15) is 19.2 Å². The minimum atomic E-state index is -0.732. The van der Waals surface area contributed by atoms with Crippen LogP contribution in [-0.4, -0.2) is 52.4 Å². The average Bonchev–Trinajstić information content (AvgIpc) is 2.89. The molecule has 4 rings (SSSR count). The summed E-state index contributed by atoms with van der Waals surface area (Å²) in [6.07, 6.45) is 2.00. The third kappa shape index (κ3) is 5.36. The van der Waals surface area contributed by atoms with E-state index in [4.69, 9.17) is 9.47 Å². The highest BCUT2D eigenvalue weighted by atomic mass is 32.2. The minimum Gasteiger partial charge on any atom is -0.463 e. The minimum absolute atomic E-state index is 0.0581. The molecule has 1 unspecified atom stereocenters. The molecule has 186 valence electrons. The van der Waals surface area contributed by atoms with Crippen molar-refractivity contribution in [3.63, 3.8) is 0 Å². The Morgan fingerprint density at radius 1 is 1.08 bits per heavy atom. The van der Waals surface area contributed by atoms with Crippen molar-refractivity contribution < 1.29 is 28.7 Å². The summed E-state index contributed by atoms with van der Waals surface area (Å²) >= 11 is 1.39. The number of esters is 2. The molecule has 2 aromatic carbocycles. The number of rotatable bonds is 8. The van der Waals surface area contributed by atoms with E-state index in [0.29, 0.717) is 11.3 Å². The van der Waals surface area contributed by atoms with Crippen LogP contribution in [0.15, 0.2) is 84.1 Å². The van der Waals surface area contributed by atoms with Crippen molar-refractivity contribution in [3.8, 4) is 0 Å². The quantitative estimate of drug-likeness (QED) is 0.333. The molecule has 2 amide bonds. The lowest BCUT2D eigenvalue weighted by molar-refractivity contribution is -0.154. The van der Waals surface area contributed by atoms with Gasteiger partial charge in [0.1, 0.15) is 17.1 Å². The maximum absolute atomic E-state index is 13.7. The van der Waals surface area contributed by atoms with Crippen LogP contribution in [0.3, 0.4) is 0 Å². The molecule has 0 aromatic heterocycles. The first kappa shape index (κ1) is 25.2. The molecule has 2 atom stereocenters. The maximum Gasteiger partial charge on any atom is 0.356 e. The SMILES string of the molecule is CCOC(=O)C=CC1=C(C(=O)OC(c2ccccc2)c2ccccc2)N2C(=O)C(NC(C)=O)[C@H]2SC1. The molecule has 36 heavy (non-hydrogen) atoms. The molecule has 1 N–H and O–H groups in total. The zero-order valence-corrected chi connectivity index (χ0v) is 20.7. The lowest BCUT2D eigenvalue weighted by Gasteiger charge is -2.49. The van der Waals surface area contributed by atoms with Gasteiger partial charge in [0.15, 0.2) is 6.10 Å². The summed E-state index contributed by atoms with van der Waals surface area (Å²) in [5, 5.41) is 2.20. The van der Waals surface area contributed by atoms with Crippen molar-refractivity contribution in [1.82, 2.24) is 10.2 Å². The molecule has 9 heteroatoms. The van der Waals surface area contributed by atoms with E-state index >= 15 is 0 Å². The van der Waals surface area contributed by atoms with Gasteiger partial charge in [-0.25, -0.2) is 9.59 Å². The van der Waals surface area contributed by atoms with Crippen LogP contribution in [0.1, 0.15) is 31.1 Å².